The molecular formula is C8H9S. The molecule has 0 nitrogen and oxygen atoms in total. The Bertz CT molecular complexity index is 194. The number of thiol groups is 1. The summed E-state index contributed by atoms with van der Waals surface area (Å²) in [6.07, 6.45) is 0. The van der Waals surface area contributed by atoms with Crippen molar-refractivity contribution in [1.29, 1.82) is 0 Å². The van der Waals surface area contributed by atoms with Gasteiger partial charge >= 0.3 is 0 Å². The van der Waals surface area contributed by atoms with E-state index in [4.69, 9.17) is 0 Å². The van der Waals surface area contributed by atoms with Gasteiger partial charge in [-0.25, -0.2) is 0 Å². The van der Waals surface area contributed by atoms with Crippen molar-refractivity contribution in [2.24, 2.45) is 0 Å². The normalized spacial score (nSPS) is 9.56. The van der Waals surface area contributed by atoms with Gasteiger partial charge in [-0.3, -0.25) is 0 Å². The summed E-state index contributed by atoms with van der Waals surface area (Å²) in [5, 5.41) is 0. The van der Waals surface area contributed by atoms with Gasteiger partial charge in [0.25, 0.3) is 0 Å². The zero-order chi connectivity index (χ0) is 6.69. The molecule has 1 radical (unpaired) electrons. The molecule has 0 fully saturated rings. The van der Waals surface area contributed by atoms with E-state index in [9.17, 15) is 0 Å². The van der Waals surface area contributed by atoms with E-state index >= 15 is 0 Å². The van der Waals surface area contributed by atoms with Crippen molar-refractivity contribution in [2.75, 3.05) is 0 Å². The smallest absolute Gasteiger partial charge is 0.0157 e. The van der Waals surface area contributed by atoms with Crippen LogP contribution in [-0.4, -0.2) is 0 Å². The Morgan fingerprint density at radius 2 is 2.00 bits per heavy atom. The fourth-order valence-corrected chi connectivity index (χ4v) is 1.02. The predicted molar refractivity (Wildman–Crippen MR) is 43.6 cm³/mol. The summed E-state index contributed by atoms with van der Waals surface area (Å²) in [6.45, 7) is 3.84. The van der Waals surface area contributed by atoms with E-state index in [2.05, 4.69) is 19.6 Å². The zero-order valence-electron chi connectivity index (χ0n) is 5.17. The van der Waals surface area contributed by atoms with Crippen molar-refractivity contribution in [3.63, 3.8) is 0 Å². The average Bonchev–Trinajstić information content (AvgIpc) is 1.89. The summed E-state index contributed by atoms with van der Waals surface area (Å²) in [5.41, 5.74) is 2.29. The van der Waals surface area contributed by atoms with Crippen LogP contribution in [0.5, 0.6) is 0 Å². The Morgan fingerprint density at radius 1 is 1.33 bits per heavy atom. The first-order valence-electron chi connectivity index (χ1n) is 2.85. The van der Waals surface area contributed by atoms with E-state index in [1.807, 2.05) is 24.3 Å². The fraction of sp³-hybridized carbons (Fsp3) is 0.125. The lowest BCUT2D eigenvalue weighted by molar-refractivity contribution is 1.38. The molecule has 0 aliphatic rings. The lowest BCUT2D eigenvalue weighted by Crippen LogP contribution is -1.80. The van der Waals surface area contributed by atoms with Crippen LogP contribution in [0.25, 0.3) is 0 Å². The second-order valence-electron chi connectivity index (χ2n) is 1.93. The van der Waals surface area contributed by atoms with Crippen LogP contribution in [0, 0.1) is 6.92 Å². The molecular weight excluding hydrogens is 128 g/mol. The molecule has 0 atom stereocenters. The highest BCUT2D eigenvalue weighted by atomic mass is 32.1. The maximum Gasteiger partial charge on any atom is 0.0157 e. The maximum absolute atomic E-state index is 4.14. The Kier molecular flexibility index (Phi) is 2.17. The largest absolute Gasteiger partial charge is 0.175 e. The molecule has 0 aromatic heterocycles. The summed E-state index contributed by atoms with van der Waals surface area (Å²) in [7, 11) is 0. The first-order chi connectivity index (χ1) is 4.34. The zero-order valence-corrected chi connectivity index (χ0v) is 6.07. The highest BCUT2D eigenvalue weighted by Gasteiger charge is 1.90. The van der Waals surface area contributed by atoms with Crippen molar-refractivity contribution in [3.05, 3.63) is 42.3 Å². The minimum absolute atomic E-state index is 0.777. The van der Waals surface area contributed by atoms with Crippen molar-refractivity contribution in [2.45, 2.75) is 5.75 Å². The van der Waals surface area contributed by atoms with Gasteiger partial charge in [0.2, 0.25) is 0 Å². The topological polar surface area (TPSA) is 0 Å². The third-order valence-electron chi connectivity index (χ3n) is 1.29. The van der Waals surface area contributed by atoms with Crippen molar-refractivity contribution in [3.8, 4) is 0 Å². The standard InChI is InChI=1S/C8H9S/c1-7-4-2-3-5-8(7)6-9/h2-5,9H,1,6H2. The number of hydrogen-bond acceptors (Lipinski definition) is 1. The Hall–Kier alpha value is -0.430. The number of hydrogen-bond donors (Lipinski definition) is 1. The molecule has 0 unspecified atom stereocenters. The van der Waals surface area contributed by atoms with E-state index in [-0.39, 0.29) is 0 Å². The molecule has 0 heterocycles. The van der Waals surface area contributed by atoms with Gasteiger partial charge < -0.3 is 0 Å². The third-order valence-corrected chi connectivity index (χ3v) is 1.63. The van der Waals surface area contributed by atoms with Crippen LogP contribution in [0.4, 0.5) is 0 Å². The van der Waals surface area contributed by atoms with Gasteiger partial charge in [-0.1, -0.05) is 24.3 Å². The fourth-order valence-electron chi connectivity index (χ4n) is 0.712. The molecule has 1 heteroatoms. The molecule has 0 aliphatic carbocycles. The molecule has 0 spiro atoms. The van der Waals surface area contributed by atoms with E-state index in [1.54, 1.807) is 0 Å². The summed E-state index contributed by atoms with van der Waals surface area (Å²) in [6, 6.07) is 8.01. The van der Waals surface area contributed by atoms with Gasteiger partial charge in [-0.2, -0.15) is 12.6 Å². The Balaban J connectivity index is 3.01. The van der Waals surface area contributed by atoms with Crippen molar-refractivity contribution >= 4 is 12.6 Å². The molecule has 1 aromatic rings. The minimum atomic E-state index is 0.777. The highest BCUT2D eigenvalue weighted by Crippen LogP contribution is 2.08. The average molecular weight is 137 g/mol. The summed E-state index contributed by atoms with van der Waals surface area (Å²) in [5.74, 6) is 0.777. The van der Waals surface area contributed by atoms with Gasteiger partial charge in [0.05, 0.1) is 0 Å². The van der Waals surface area contributed by atoms with Crippen molar-refractivity contribution < 1.29 is 0 Å². The minimum Gasteiger partial charge on any atom is -0.175 e. The summed E-state index contributed by atoms with van der Waals surface area (Å²) in [4.78, 5) is 0. The van der Waals surface area contributed by atoms with Gasteiger partial charge in [-0.15, -0.1) is 0 Å². The Morgan fingerprint density at radius 3 is 2.44 bits per heavy atom. The second-order valence-corrected chi connectivity index (χ2v) is 2.24. The summed E-state index contributed by atoms with van der Waals surface area (Å²) >= 11 is 4.14. The highest BCUT2D eigenvalue weighted by molar-refractivity contribution is 7.79. The number of rotatable bonds is 1. The molecule has 0 saturated heterocycles. The van der Waals surface area contributed by atoms with E-state index in [0.29, 0.717) is 0 Å². The summed E-state index contributed by atoms with van der Waals surface area (Å²) < 4.78 is 0. The predicted octanol–water partition coefficient (Wildman–Crippen LogP) is 2.30. The van der Waals surface area contributed by atoms with Crippen LogP contribution in [0.3, 0.4) is 0 Å². The van der Waals surface area contributed by atoms with Gasteiger partial charge in [0.1, 0.15) is 0 Å². The first kappa shape index (κ1) is 6.69. The van der Waals surface area contributed by atoms with Gasteiger partial charge in [0, 0.05) is 5.75 Å². The molecule has 0 saturated carbocycles. The molecule has 0 N–H and O–H groups in total. The lowest BCUT2D eigenvalue weighted by Gasteiger charge is -1.97. The molecule has 47 valence electrons. The molecule has 0 amide bonds. The SMILES string of the molecule is [CH2]c1ccccc1CS. The monoisotopic (exact) mass is 137 g/mol. The molecule has 9 heavy (non-hydrogen) atoms. The lowest BCUT2D eigenvalue weighted by atomic mass is 10.1. The van der Waals surface area contributed by atoms with Gasteiger partial charge in [-0.05, 0) is 18.1 Å². The molecule has 1 aromatic carbocycles. The van der Waals surface area contributed by atoms with E-state index in [0.717, 1.165) is 11.3 Å². The third kappa shape index (κ3) is 1.49. The Labute approximate surface area is 61.3 Å². The van der Waals surface area contributed by atoms with E-state index < -0.39 is 0 Å². The molecule has 0 aliphatic heterocycles. The number of benzene rings is 1. The van der Waals surface area contributed by atoms with Crippen LogP contribution >= 0.6 is 12.6 Å². The van der Waals surface area contributed by atoms with Crippen LogP contribution in [-0.2, 0) is 5.75 Å². The first-order valence-corrected chi connectivity index (χ1v) is 3.48. The molecule has 1 rings (SSSR count). The van der Waals surface area contributed by atoms with Gasteiger partial charge in [0.15, 0.2) is 0 Å². The van der Waals surface area contributed by atoms with Crippen LogP contribution in [0.1, 0.15) is 11.1 Å². The van der Waals surface area contributed by atoms with Crippen LogP contribution in [0.15, 0.2) is 24.3 Å². The maximum atomic E-state index is 4.14. The second kappa shape index (κ2) is 2.92. The quantitative estimate of drug-likeness (QED) is 0.564. The van der Waals surface area contributed by atoms with Crippen LogP contribution in [0.2, 0.25) is 0 Å². The van der Waals surface area contributed by atoms with Crippen LogP contribution < -0.4 is 0 Å². The van der Waals surface area contributed by atoms with E-state index in [1.165, 1.54) is 5.56 Å². The molecule has 0 bridgehead atoms. The van der Waals surface area contributed by atoms with Crippen molar-refractivity contribution in [1.82, 2.24) is 0 Å².